The minimum atomic E-state index is -0.732. The average Bonchev–Trinajstić information content (AvgIpc) is 3.42. The largest absolute Gasteiger partial charge is 0.344 e. The fourth-order valence-corrected chi connectivity index (χ4v) is 4.84. The smallest absolute Gasteiger partial charge is 0.246 e. The van der Waals surface area contributed by atoms with E-state index in [2.05, 4.69) is 37.5 Å². The lowest BCUT2D eigenvalue weighted by molar-refractivity contribution is -0.145. The molecule has 2 rings (SSSR count). The van der Waals surface area contributed by atoms with Crippen LogP contribution in [0.1, 0.15) is 74.7 Å². The first-order chi connectivity index (χ1) is 14.8. The standard InChI is InChI=1S/C25H42N4O3/c1-14(2)19-16(5)13-29(20(19)23(31)27-18(12-26)11-17-9-10-17)24(32)21(25(6,7)8)28-22(30)15(3)4/h14-21H,9-11,13H2,1-8H3,(H,27,31)(H,28,30)/t16-,18?,19-,20-,21+/m0/s1. The molecule has 0 radical (unpaired) electrons. The fraction of sp³-hybridized carbons (Fsp3) is 0.840. The van der Waals surface area contributed by atoms with E-state index in [1.807, 2.05) is 20.8 Å². The van der Waals surface area contributed by atoms with E-state index in [1.54, 1.807) is 18.7 Å². The van der Waals surface area contributed by atoms with Crippen LogP contribution in [-0.2, 0) is 14.4 Å². The van der Waals surface area contributed by atoms with Crippen molar-refractivity contribution in [1.29, 1.82) is 5.26 Å². The van der Waals surface area contributed by atoms with Gasteiger partial charge in [-0.3, -0.25) is 14.4 Å². The maximum Gasteiger partial charge on any atom is 0.246 e. The van der Waals surface area contributed by atoms with Crippen LogP contribution in [0.15, 0.2) is 0 Å². The van der Waals surface area contributed by atoms with Crippen molar-refractivity contribution in [3.63, 3.8) is 0 Å². The summed E-state index contributed by atoms with van der Waals surface area (Å²) in [6, 6.07) is 0.310. The summed E-state index contributed by atoms with van der Waals surface area (Å²) in [6.45, 7) is 16.0. The second kappa shape index (κ2) is 10.2. The number of carbonyl (C=O) groups excluding carboxylic acids is 3. The van der Waals surface area contributed by atoms with Gasteiger partial charge in [0.15, 0.2) is 0 Å². The van der Waals surface area contributed by atoms with E-state index in [-0.39, 0.29) is 41.4 Å². The zero-order valence-corrected chi connectivity index (χ0v) is 21.1. The van der Waals surface area contributed by atoms with Gasteiger partial charge in [0.25, 0.3) is 0 Å². The van der Waals surface area contributed by atoms with Crippen molar-refractivity contribution < 1.29 is 14.4 Å². The molecule has 1 saturated carbocycles. The lowest BCUT2D eigenvalue weighted by Crippen LogP contribution is -2.59. The normalized spacial score (nSPS) is 25.4. The predicted octanol–water partition coefficient (Wildman–Crippen LogP) is 3.10. The van der Waals surface area contributed by atoms with E-state index < -0.39 is 23.5 Å². The first kappa shape index (κ1) is 26.2. The molecule has 3 amide bonds. The molecule has 0 bridgehead atoms. The summed E-state index contributed by atoms with van der Waals surface area (Å²) in [6.07, 6.45) is 2.88. The van der Waals surface area contributed by atoms with Gasteiger partial charge >= 0.3 is 0 Å². The molecule has 1 saturated heterocycles. The van der Waals surface area contributed by atoms with Crippen molar-refractivity contribution >= 4 is 17.7 Å². The summed E-state index contributed by atoms with van der Waals surface area (Å²) in [4.78, 5) is 41.4. The van der Waals surface area contributed by atoms with Crippen LogP contribution in [0.25, 0.3) is 0 Å². The van der Waals surface area contributed by atoms with E-state index >= 15 is 0 Å². The van der Waals surface area contributed by atoms with Crippen molar-refractivity contribution in [3.8, 4) is 6.07 Å². The third-order valence-electron chi connectivity index (χ3n) is 6.83. The fourth-order valence-electron chi connectivity index (χ4n) is 4.84. The monoisotopic (exact) mass is 446 g/mol. The van der Waals surface area contributed by atoms with Gasteiger partial charge in [0.05, 0.1) is 6.07 Å². The summed E-state index contributed by atoms with van der Waals surface area (Å²) in [5.41, 5.74) is -0.511. The molecule has 0 spiro atoms. The Labute approximate surface area is 193 Å². The van der Waals surface area contributed by atoms with Crippen LogP contribution in [0.4, 0.5) is 0 Å². The number of hydrogen-bond acceptors (Lipinski definition) is 4. The number of nitrogens with one attached hydrogen (secondary N) is 2. The highest BCUT2D eigenvalue weighted by atomic mass is 16.2. The molecular weight excluding hydrogens is 404 g/mol. The zero-order valence-electron chi connectivity index (χ0n) is 21.1. The molecule has 7 nitrogen and oxygen atoms in total. The van der Waals surface area contributed by atoms with Crippen LogP contribution in [0.5, 0.6) is 0 Å². The Balaban J connectivity index is 2.32. The molecule has 1 heterocycles. The lowest BCUT2D eigenvalue weighted by Gasteiger charge is -2.37. The minimum Gasteiger partial charge on any atom is -0.344 e. The quantitative estimate of drug-likeness (QED) is 0.598. The molecule has 0 aromatic rings. The molecule has 2 fully saturated rings. The number of amides is 3. The Hall–Kier alpha value is -2.10. The molecule has 32 heavy (non-hydrogen) atoms. The molecule has 180 valence electrons. The van der Waals surface area contributed by atoms with E-state index in [0.717, 1.165) is 12.8 Å². The molecular formula is C25H42N4O3. The topological polar surface area (TPSA) is 102 Å². The van der Waals surface area contributed by atoms with E-state index in [1.165, 1.54) is 0 Å². The lowest BCUT2D eigenvalue weighted by atomic mass is 9.81. The van der Waals surface area contributed by atoms with Crippen LogP contribution in [-0.4, -0.2) is 47.3 Å². The summed E-state index contributed by atoms with van der Waals surface area (Å²) in [5.74, 6) is -0.0691. The van der Waals surface area contributed by atoms with Crippen molar-refractivity contribution in [1.82, 2.24) is 15.5 Å². The Morgan fingerprint density at radius 2 is 1.69 bits per heavy atom. The van der Waals surface area contributed by atoms with Gasteiger partial charge in [-0.1, -0.05) is 68.2 Å². The van der Waals surface area contributed by atoms with Gasteiger partial charge < -0.3 is 15.5 Å². The molecule has 0 aromatic heterocycles. The first-order valence-corrected chi connectivity index (χ1v) is 12.1. The van der Waals surface area contributed by atoms with Gasteiger partial charge in [-0.15, -0.1) is 0 Å². The van der Waals surface area contributed by atoms with Crippen LogP contribution < -0.4 is 10.6 Å². The second-order valence-corrected chi connectivity index (χ2v) is 11.6. The number of rotatable bonds is 8. The van der Waals surface area contributed by atoms with Crippen molar-refractivity contribution in [2.24, 2.45) is 35.0 Å². The van der Waals surface area contributed by atoms with Crippen LogP contribution in [0.3, 0.4) is 0 Å². The van der Waals surface area contributed by atoms with Gasteiger partial charge in [-0.05, 0) is 35.5 Å². The van der Waals surface area contributed by atoms with Crippen molar-refractivity contribution in [2.45, 2.75) is 92.8 Å². The molecule has 2 N–H and O–H groups in total. The SMILES string of the molecule is CC(C)C(=O)N[C@H](C(=O)N1C[C@H](C)[C@H](C(C)C)[C@H]1C(=O)NC(C#N)CC1CC1)C(C)(C)C. The van der Waals surface area contributed by atoms with E-state index in [9.17, 15) is 19.6 Å². The van der Waals surface area contributed by atoms with E-state index in [0.29, 0.717) is 18.9 Å². The van der Waals surface area contributed by atoms with E-state index in [4.69, 9.17) is 0 Å². The maximum absolute atomic E-state index is 13.8. The number of likely N-dealkylation sites (tertiary alicyclic amines) is 1. The van der Waals surface area contributed by atoms with Gasteiger partial charge in [-0.25, -0.2) is 0 Å². The molecule has 1 aliphatic carbocycles. The van der Waals surface area contributed by atoms with Gasteiger partial charge in [0, 0.05) is 12.5 Å². The molecule has 0 aromatic carbocycles. The average molecular weight is 447 g/mol. The number of carbonyl (C=O) groups is 3. The predicted molar refractivity (Wildman–Crippen MR) is 124 cm³/mol. The highest BCUT2D eigenvalue weighted by Gasteiger charge is 2.50. The number of hydrogen-bond donors (Lipinski definition) is 2. The summed E-state index contributed by atoms with van der Waals surface area (Å²) >= 11 is 0. The van der Waals surface area contributed by atoms with Crippen molar-refractivity contribution in [2.75, 3.05) is 6.54 Å². The number of nitriles is 1. The van der Waals surface area contributed by atoms with Crippen LogP contribution >= 0.6 is 0 Å². The summed E-state index contributed by atoms with van der Waals surface area (Å²) < 4.78 is 0. The minimum absolute atomic E-state index is 0.0133. The first-order valence-electron chi connectivity index (χ1n) is 12.1. The second-order valence-electron chi connectivity index (χ2n) is 11.6. The van der Waals surface area contributed by atoms with Gasteiger partial charge in [0.2, 0.25) is 17.7 Å². The Bertz CT molecular complexity index is 745. The zero-order chi connectivity index (χ0) is 24.4. The van der Waals surface area contributed by atoms with Gasteiger partial charge in [-0.2, -0.15) is 5.26 Å². The van der Waals surface area contributed by atoms with Crippen LogP contribution in [0, 0.1) is 46.3 Å². The van der Waals surface area contributed by atoms with Crippen molar-refractivity contribution in [3.05, 3.63) is 0 Å². The molecule has 1 unspecified atom stereocenters. The highest BCUT2D eigenvalue weighted by Crippen LogP contribution is 2.38. The summed E-state index contributed by atoms with van der Waals surface area (Å²) in [7, 11) is 0. The Kier molecular flexibility index (Phi) is 8.36. The maximum atomic E-state index is 13.8. The molecule has 1 aliphatic heterocycles. The molecule has 7 heteroatoms. The number of nitrogens with zero attached hydrogens (tertiary/aromatic N) is 2. The van der Waals surface area contributed by atoms with Crippen LogP contribution in [0.2, 0.25) is 0 Å². The Morgan fingerprint density at radius 1 is 1.09 bits per heavy atom. The third-order valence-corrected chi connectivity index (χ3v) is 6.83. The highest BCUT2D eigenvalue weighted by molar-refractivity contribution is 5.93. The Morgan fingerprint density at radius 3 is 2.12 bits per heavy atom. The third kappa shape index (κ3) is 6.24. The molecule has 5 atom stereocenters. The van der Waals surface area contributed by atoms with Gasteiger partial charge in [0.1, 0.15) is 18.1 Å². The summed E-state index contributed by atoms with van der Waals surface area (Å²) in [5, 5.41) is 15.4. The molecule has 2 aliphatic rings.